The molecule has 0 aliphatic carbocycles. The maximum atomic E-state index is 14.4. The molecule has 13 heteroatoms. The number of hydrogen-bond acceptors (Lipinski definition) is 8. The molecule has 0 radical (unpaired) electrons. The van der Waals surface area contributed by atoms with Crippen molar-refractivity contribution in [1.29, 1.82) is 0 Å². The van der Waals surface area contributed by atoms with Gasteiger partial charge >= 0.3 is 12.0 Å². The quantitative estimate of drug-likeness (QED) is 0.434. The van der Waals surface area contributed by atoms with Crippen LogP contribution in [0.25, 0.3) is 0 Å². The Morgan fingerprint density at radius 1 is 1.14 bits per heavy atom. The second-order valence-electron chi connectivity index (χ2n) is 7.67. The van der Waals surface area contributed by atoms with Gasteiger partial charge in [-0.25, -0.2) is 9.37 Å². The summed E-state index contributed by atoms with van der Waals surface area (Å²) >= 11 is 0. The first-order valence-electron chi connectivity index (χ1n) is 10.3. The number of nitrogens with one attached hydrogen (secondary N) is 4. The van der Waals surface area contributed by atoms with Gasteiger partial charge < -0.3 is 30.7 Å². The fraction of sp³-hybridized carbons (Fsp3) is 0.182. The number of anilines is 5. The SMILES string of the molecule is CNC(=O)C1Cc2cc(Nc3ncc(F)c(Nc4ccc5c(c4)NC(=O)C(F)(F)O5)n3)ccc2O1. The summed E-state index contributed by atoms with van der Waals surface area (Å²) in [7, 11) is 1.53. The summed E-state index contributed by atoms with van der Waals surface area (Å²) in [5.74, 6) is -2.36. The number of hydrogen-bond donors (Lipinski definition) is 4. The number of benzene rings is 2. The zero-order valence-corrected chi connectivity index (χ0v) is 18.0. The van der Waals surface area contributed by atoms with E-state index in [-0.39, 0.29) is 34.8 Å². The zero-order chi connectivity index (χ0) is 24.7. The lowest BCUT2D eigenvalue weighted by Gasteiger charge is -2.25. The van der Waals surface area contributed by atoms with Crippen molar-refractivity contribution in [2.75, 3.05) is 23.0 Å². The van der Waals surface area contributed by atoms with Gasteiger partial charge in [-0.2, -0.15) is 13.8 Å². The molecule has 1 atom stereocenters. The first-order valence-corrected chi connectivity index (χ1v) is 10.3. The molecule has 35 heavy (non-hydrogen) atoms. The fourth-order valence-corrected chi connectivity index (χ4v) is 3.59. The summed E-state index contributed by atoms with van der Waals surface area (Å²) in [5.41, 5.74) is 1.66. The van der Waals surface area contributed by atoms with Crippen molar-refractivity contribution in [2.45, 2.75) is 18.6 Å². The molecule has 1 unspecified atom stereocenters. The largest absolute Gasteiger partial charge is 0.482 e. The average Bonchev–Trinajstić information content (AvgIpc) is 3.25. The summed E-state index contributed by atoms with van der Waals surface area (Å²) in [6.45, 7) is 0. The van der Waals surface area contributed by atoms with Crippen LogP contribution in [0.3, 0.4) is 0 Å². The second kappa shape index (κ2) is 8.34. The van der Waals surface area contributed by atoms with Gasteiger partial charge in [0.25, 0.3) is 5.91 Å². The van der Waals surface area contributed by atoms with Gasteiger partial charge in [-0.15, -0.1) is 0 Å². The van der Waals surface area contributed by atoms with Crippen molar-refractivity contribution in [2.24, 2.45) is 0 Å². The molecular formula is C22H17F3N6O4. The van der Waals surface area contributed by atoms with Crippen LogP contribution >= 0.6 is 0 Å². The van der Waals surface area contributed by atoms with E-state index in [2.05, 4.69) is 30.7 Å². The molecule has 0 fully saturated rings. The van der Waals surface area contributed by atoms with Crippen molar-refractivity contribution in [3.8, 4) is 11.5 Å². The Balaban J connectivity index is 1.32. The van der Waals surface area contributed by atoms with Crippen molar-refractivity contribution in [3.63, 3.8) is 0 Å². The Bertz CT molecular complexity index is 1350. The van der Waals surface area contributed by atoms with Gasteiger partial charge in [-0.3, -0.25) is 9.59 Å². The molecule has 3 heterocycles. The molecule has 0 bridgehead atoms. The molecule has 0 spiro atoms. The highest BCUT2D eigenvalue weighted by molar-refractivity contribution is 5.99. The first-order chi connectivity index (χ1) is 16.7. The maximum absolute atomic E-state index is 14.4. The predicted molar refractivity (Wildman–Crippen MR) is 118 cm³/mol. The van der Waals surface area contributed by atoms with E-state index in [0.717, 1.165) is 11.8 Å². The van der Waals surface area contributed by atoms with E-state index in [9.17, 15) is 22.8 Å². The minimum Gasteiger partial charge on any atom is -0.480 e. The van der Waals surface area contributed by atoms with Crippen LogP contribution in [0.5, 0.6) is 11.5 Å². The number of halogens is 3. The Labute approximate surface area is 195 Å². The molecule has 4 N–H and O–H groups in total. The third-order valence-corrected chi connectivity index (χ3v) is 5.27. The highest BCUT2D eigenvalue weighted by atomic mass is 19.3. The summed E-state index contributed by atoms with van der Waals surface area (Å²) in [6.07, 6.45) is -3.24. The molecule has 2 aromatic carbocycles. The molecule has 0 saturated carbocycles. The number of carbonyl (C=O) groups is 2. The van der Waals surface area contributed by atoms with E-state index in [0.29, 0.717) is 17.9 Å². The topological polar surface area (TPSA) is 127 Å². The fourth-order valence-electron chi connectivity index (χ4n) is 3.59. The molecule has 1 aromatic heterocycles. The number of fused-ring (bicyclic) bond motifs is 2. The molecule has 10 nitrogen and oxygen atoms in total. The summed E-state index contributed by atoms with van der Waals surface area (Å²) in [6, 6.07) is 9.07. The summed E-state index contributed by atoms with van der Waals surface area (Å²) in [5, 5.41) is 10.3. The van der Waals surface area contributed by atoms with Crippen molar-refractivity contribution < 1.29 is 32.2 Å². The second-order valence-corrected chi connectivity index (χ2v) is 7.67. The van der Waals surface area contributed by atoms with E-state index in [4.69, 9.17) is 4.74 Å². The molecule has 2 aliphatic rings. The highest BCUT2D eigenvalue weighted by Crippen LogP contribution is 2.37. The van der Waals surface area contributed by atoms with Gasteiger partial charge in [0.2, 0.25) is 5.95 Å². The molecule has 0 saturated heterocycles. The zero-order valence-electron chi connectivity index (χ0n) is 18.0. The number of alkyl halides is 2. The number of ether oxygens (including phenoxy) is 2. The van der Waals surface area contributed by atoms with E-state index in [1.165, 1.54) is 25.2 Å². The highest BCUT2D eigenvalue weighted by Gasteiger charge is 2.46. The van der Waals surface area contributed by atoms with E-state index >= 15 is 0 Å². The predicted octanol–water partition coefficient (Wildman–Crippen LogP) is 3.08. The Morgan fingerprint density at radius 3 is 2.66 bits per heavy atom. The van der Waals surface area contributed by atoms with Crippen LogP contribution in [0.4, 0.5) is 42.0 Å². The van der Waals surface area contributed by atoms with Crippen LogP contribution in [-0.4, -0.2) is 41.0 Å². The first kappa shape index (κ1) is 22.3. The van der Waals surface area contributed by atoms with Crippen LogP contribution in [-0.2, 0) is 16.0 Å². The average molecular weight is 486 g/mol. The van der Waals surface area contributed by atoms with Gasteiger partial charge in [0.1, 0.15) is 5.75 Å². The molecule has 180 valence electrons. The lowest BCUT2D eigenvalue weighted by atomic mass is 10.1. The van der Waals surface area contributed by atoms with Crippen molar-refractivity contribution in [1.82, 2.24) is 15.3 Å². The van der Waals surface area contributed by atoms with Gasteiger partial charge in [-0.05, 0) is 36.4 Å². The molecule has 2 aliphatic heterocycles. The molecular weight excluding hydrogens is 469 g/mol. The minimum absolute atomic E-state index is 0.00541. The van der Waals surface area contributed by atoms with Crippen LogP contribution in [0.2, 0.25) is 0 Å². The van der Waals surface area contributed by atoms with E-state index < -0.39 is 23.9 Å². The van der Waals surface area contributed by atoms with Crippen molar-refractivity contribution in [3.05, 3.63) is 54.0 Å². The number of likely N-dealkylation sites (N-methyl/N-ethyl adjacent to an activating group) is 1. The minimum atomic E-state index is -3.98. The van der Waals surface area contributed by atoms with E-state index in [1.54, 1.807) is 18.2 Å². The summed E-state index contributed by atoms with van der Waals surface area (Å²) < 4.78 is 51.2. The van der Waals surface area contributed by atoms with Crippen LogP contribution in [0.15, 0.2) is 42.6 Å². The lowest BCUT2D eigenvalue weighted by molar-refractivity contribution is -0.189. The lowest BCUT2D eigenvalue weighted by Crippen LogP contribution is -2.43. The van der Waals surface area contributed by atoms with Gasteiger partial charge in [-0.1, -0.05) is 0 Å². The van der Waals surface area contributed by atoms with Crippen molar-refractivity contribution >= 4 is 40.6 Å². The van der Waals surface area contributed by atoms with E-state index in [1.807, 2.05) is 5.32 Å². The Kier molecular flexibility index (Phi) is 5.30. The standard InChI is InChI=1S/C22H17F3N6O4/c1-26-19(32)17-7-10-6-11(2-4-15(10)34-17)29-21-27-9-13(23)18(31-21)28-12-3-5-16-14(8-12)30-20(33)22(24,25)35-16/h2-6,8-9,17H,7H2,1H3,(H,26,32)(H,30,33)(H2,27,28,29,31). The third kappa shape index (κ3) is 4.35. The van der Waals surface area contributed by atoms with Gasteiger partial charge in [0.15, 0.2) is 23.5 Å². The van der Waals surface area contributed by atoms with Crippen LogP contribution in [0.1, 0.15) is 5.56 Å². The van der Waals surface area contributed by atoms with Gasteiger partial charge in [0, 0.05) is 30.4 Å². The molecule has 2 amide bonds. The van der Waals surface area contributed by atoms with Crippen LogP contribution in [0, 0.1) is 5.82 Å². The molecule has 3 aromatic rings. The van der Waals surface area contributed by atoms with Gasteiger partial charge in [0.05, 0.1) is 11.9 Å². The maximum Gasteiger partial charge on any atom is 0.482 e. The van der Waals surface area contributed by atoms with Crippen LogP contribution < -0.4 is 30.7 Å². The third-order valence-electron chi connectivity index (χ3n) is 5.27. The number of aromatic nitrogens is 2. The number of rotatable bonds is 5. The smallest absolute Gasteiger partial charge is 0.480 e. The number of nitrogens with zero attached hydrogens (tertiary/aromatic N) is 2. The Hall–Kier alpha value is -4.55. The normalized spacial score (nSPS) is 17.3. The monoisotopic (exact) mass is 486 g/mol. The number of carbonyl (C=O) groups excluding carboxylic acids is 2. The Morgan fingerprint density at radius 2 is 1.89 bits per heavy atom. The number of amides is 2. The molecule has 5 rings (SSSR count). The summed E-state index contributed by atoms with van der Waals surface area (Å²) in [4.78, 5) is 31.3.